The van der Waals surface area contributed by atoms with Crippen LogP contribution < -0.4 is 14.8 Å². The van der Waals surface area contributed by atoms with Crippen molar-refractivity contribution >= 4 is 21.6 Å². The lowest BCUT2D eigenvalue weighted by atomic mass is 10.1. The quantitative estimate of drug-likeness (QED) is 0.670. The summed E-state index contributed by atoms with van der Waals surface area (Å²) in [5.74, 6) is 1.06. The molecule has 0 aliphatic rings. The smallest absolute Gasteiger partial charge is 0.255 e. The summed E-state index contributed by atoms with van der Waals surface area (Å²) >= 11 is 0. The molecule has 7 nitrogen and oxygen atoms in total. The van der Waals surface area contributed by atoms with E-state index in [1.54, 1.807) is 30.3 Å². The molecule has 0 heterocycles. The molecule has 0 aliphatic carbocycles. The average Bonchev–Trinajstić information content (AvgIpc) is 2.67. The van der Waals surface area contributed by atoms with E-state index in [4.69, 9.17) is 9.47 Å². The standard InChI is InChI=1S/C21H28N2O5S/c1-6-27-20-12-16(10-11-19(20)28-14-15(2)3)21(24)22-17-8-7-9-18(13-17)29(25,26)23(4)5/h7-13,15H,6,14H2,1-5H3,(H,22,24). The summed E-state index contributed by atoms with van der Waals surface area (Å²) in [6, 6.07) is 11.1. The zero-order valence-electron chi connectivity index (χ0n) is 17.4. The van der Waals surface area contributed by atoms with Crippen LogP contribution in [-0.4, -0.2) is 45.9 Å². The Morgan fingerprint density at radius 1 is 1.07 bits per heavy atom. The number of carbonyl (C=O) groups is 1. The molecule has 158 valence electrons. The fourth-order valence-electron chi connectivity index (χ4n) is 2.44. The van der Waals surface area contributed by atoms with Gasteiger partial charge in [-0.05, 0) is 49.2 Å². The summed E-state index contributed by atoms with van der Waals surface area (Å²) in [5, 5.41) is 2.73. The lowest BCUT2D eigenvalue weighted by Gasteiger charge is -2.15. The number of ether oxygens (including phenoxy) is 2. The lowest BCUT2D eigenvalue weighted by molar-refractivity contribution is 0.102. The SMILES string of the molecule is CCOc1cc(C(=O)Nc2cccc(S(=O)(=O)N(C)C)c2)ccc1OCC(C)C. The lowest BCUT2D eigenvalue weighted by Crippen LogP contribution is -2.22. The number of rotatable bonds is 9. The predicted octanol–water partition coefficient (Wildman–Crippen LogP) is 3.62. The summed E-state index contributed by atoms with van der Waals surface area (Å²) in [6.07, 6.45) is 0. The number of hydrogen-bond acceptors (Lipinski definition) is 5. The summed E-state index contributed by atoms with van der Waals surface area (Å²) < 4.78 is 37.1. The molecule has 0 aliphatic heterocycles. The van der Waals surface area contributed by atoms with Crippen LogP contribution in [0.1, 0.15) is 31.1 Å². The van der Waals surface area contributed by atoms with E-state index in [9.17, 15) is 13.2 Å². The van der Waals surface area contributed by atoms with Crippen molar-refractivity contribution in [3.05, 3.63) is 48.0 Å². The van der Waals surface area contributed by atoms with Gasteiger partial charge in [0.1, 0.15) is 0 Å². The van der Waals surface area contributed by atoms with Gasteiger partial charge in [-0.3, -0.25) is 4.79 Å². The Balaban J connectivity index is 2.23. The van der Waals surface area contributed by atoms with Crippen LogP contribution in [0.2, 0.25) is 0 Å². The number of anilines is 1. The Morgan fingerprint density at radius 3 is 2.41 bits per heavy atom. The highest BCUT2D eigenvalue weighted by molar-refractivity contribution is 7.89. The first-order chi connectivity index (χ1) is 13.6. The maximum absolute atomic E-state index is 12.7. The van der Waals surface area contributed by atoms with Crippen molar-refractivity contribution in [3.8, 4) is 11.5 Å². The second kappa shape index (κ2) is 9.76. The normalized spacial score (nSPS) is 11.6. The minimum Gasteiger partial charge on any atom is -0.490 e. The molecule has 0 saturated carbocycles. The van der Waals surface area contributed by atoms with Crippen molar-refractivity contribution < 1.29 is 22.7 Å². The van der Waals surface area contributed by atoms with E-state index in [2.05, 4.69) is 5.32 Å². The van der Waals surface area contributed by atoms with Gasteiger partial charge in [-0.25, -0.2) is 12.7 Å². The van der Waals surface area contributed by atoms with E-state index in [-0.39, 0.29) is 10.8 Å². The zero-order chi connectivity index (χ0) is 21.6. The summed E-state index contributed by atoms with van der Waals surface area (Å²) in [7, 11) is -0.673. The maximum atomic E-state index is 12.7. The van der Waals surface area contributed by atoms with Gasteiger partial charge in [-0.1, -0.05) is 19.9 Å². The minimum absolute atomic E-state index is 0.104. The van der Waals surface area contributed by atoms with Crippen LogP contribution in [0.15, 0.2) is 47.4 Å². The monoisotopic (exact) mass is 420 g/mol. The molecule has 0 atom stereocenters. The van der Waals surface area contributed by atoms with Crippen molar-refractivity contribution in [2.24, 2.45) is 5.92 Å². The molecular weight excluding hydrogens is 392 g/mol. The first kappa shape index (κ1) is 22.7. The predicted molar refractivity (Wildman–Crippen MR) is 113 cm³/mol. The molecule has 1 amide bonds. The second-order valence-electron chi connectivity index (χ2n) is 7.07. The van der Waals surface area contributed by atoms with Gasteiger partial charge in [0.05, 0.1) is 18.1 Å². The van der Waals surface area contributed by atoms with E-state index in [0.717, 1.165) is 4.31 Å². The highest BCUT2D eigenvalue weighted by Gasteiger charge is 2.18. The number of hydrogen-bond donors (Lipinski definition) is 1. The molecule has 0 spiro atoms. The van der Waals surface area contributed by atoms with E-state index < -0.39 is 10.0 Å². The first-order valence-corrected chi connectivity index (χ1v) is 10.8. The number of sulfonamides is 1. The molecule has 0 saturated heterocycles. The third kappa shape index (κ3) is 5.95. The number of nitrogens with one attached hydrogen (secondary N) is 1. The molecular formula is C21H28N2O5S. The molecule has 2 aromatic rings. The van der Waals surface area contributed by atoms with Gasteiger partial charge < -0.3 is 14.8 Å². The van der Waals surface area contributed by atoms with Gasteiger partial charge in [0.15, 0.2) is 11.5 Å². The van der Waals surface area contributed by atoms with E-state index in [1.807, 2.05) is 20.8 Å². The van der Waals surface area contributed by atoms with Crippen LogP contribution in [-0.2, 0) is 10.0 Å². The number of carbonyl (C=O) groups excluding carboxylic acids is 1. The van der Waals surface area contributed by atoms with Gasteiger partial charge in [0.2, 0.25) is 10.0 Å². The third-order valence-electron chi connectivity index (χ3n) is 3.95. The molecule has 8 heteroatoms. The Labute approximate surface area is 172 Å². The largest absolute Gasteiger partial charge is 0.490 e. The molecule has 0 fully saturated rings. The van der Waals surface area contributed by atoms with Crippen molar-refractivity contribution in [1.82, 2.24) is 4.31 Å². The highest BCUT2D eigenvalue weighted by atomic mass is 32.2. The number of benzene rings is 2. The molecule has 29 heavy (non-hydrogen) atoms. The van der Waals surface area contributed by atoms with E-state index in [1.165, 1.54) is 26.2 Å². The van der Waals surface area contributed by atoms with Crippen LogP contribution in [0.5, 0.6) is 11.5 Å². The number of amides is 1. The second-order valence-corrected chi connectivity index (χ2v) is 9.22. The average molecular weight is 421 g/mol. The molecule has 0 bridgehead atoms. The molecule has 0 unspecified atom stereocenters. The van der Waals surface area contributed by atoms with Gasteiger partial charge in [-0.15, -0.1) is 0 Å². The van der Waals surface area contributed by atoms with Crippen molar-refractivity contribution in [2.75, 3.05) is 32.6 Å². The fourth-order valence-corrected chi connectivity index (χ4v) is 3.39. The van der Waals surface area contributed by atoms with E-state index in [0.29, 0.717) is 41.9 Å². The molecule has 0 radical (unpaired) electrons. The molecule has 1 N–H and O–H groups in total. The van der Waals surface area contributed by atoms with Gasteiger partial charge in [0, 0.05) is 25.3 Å². The van der Waals surface area contributed by atoms with Crippen molar-refractivity contribution in [1.29, 1.82) is 0 Å². The number of nitrogens with zero attached hydrogens (tertiary/aromatic N) is 1. The highest BCUT2D eigenvalue weighted by Crippen LogP contribution is 2.29. The van der Waals surface area contributed by atoms with Crippen LogP contribution in [0.25, 0.3) is 0 Å². The summed E-state index contributed by atoms with van der Waals surface area (Å²) in [5.41, 5.74) is 0.766. The van der Waals surface area contributed by atoms with E-state index >= 15 is 0 Å². The Morgan fingerprint density at radius 2 is 1.79 bits per heavy atom. The van der Waals surface area contributed by atoms with Crippen LogP contribution in [0, 0.1) is 5.92 Å². The zero-order valence-corrected chi connectivity index (χ0v) is 18.2. The van der Waals surface area contributed by atoms with Crippen LogP contribution in [0.3, 0.4) is 0 Å². The third-order valence-corrected chi connectivity index (χ3v) is 5.76. The van der Waals surface area contributed by atoms with Gasteiger partial charge >= 0.3 is 0 Å². The minimum atomic E-state index is -3.59. The fraction of sp³-hybridized carbons (Fsp3) is 0.381. The topological polar surface area (TPSA) is 84.9 Å². The Bertz CT molecular complexity index is 955. The van der Waals surface area contributed by atoms with Gasteiger partial charge in [-0.2, -0.15) is 0 Å². The summed E-state index contributed by atoms with van der Waals surface area (Å²) in [6.45, 7) is 6.93. The Kier molecular flexibility index (Phi) is 7.64. The maximum Gasteiger partial charge on any atom is 0.255 e. The molecule has 0 aromatic heterocycles. The van der Waals surface area contributed by atoms with Crippen LogP contribution in [0.4, 0.5) is 5.69 Å². The van der Waals surface area contributed by atoms with Crippen molar-refractivity contribution in [3.63, 3.8) is 0 Å². The van der Waals surface area contributed by atoms with Crippen LogP contribution >= 0.6 is 0 Å². The summed E-state index contributed by atoms with van der Waals surface area (Å²) in [4.78, 5) is 12.8. The first-order valence-electron chi connectivity index (χ1n) is 9.38. The van der Waals surface area contributed by atoms with Gasteiger partial charge in [0.25, 0.3) is 5.91 Å². The molecule has 2 aromatic carbocycles. The van der Waals surface area contributed by atoms with Crippen molar-refractivity contribution in [2.45, 2.75) is 25.7 Å². The molecule has 2 rings (SSSR count). The Hall–Kier alpha value is -2.58.